The first kappa shape index (κ1) is 35.1. The predicted octanol–water partition coefficient (Wildman–Crippen LogP) is 13.3. The first-order chi connectivity index (χ1) is 28.6. The fourth-order valence-corrected chi connectivity index (χ4v) is 12.9. The van der Waals surface area contributed by atoms with Crippen LogP contribution < -0.4 is 20.6 Å². The number of thiophene rings is 1. The van der Waals surface area contributed by atoms with E-state index in [-0.39, 0.29) is 17.7 Å². The Morgan fingerprint density at radius 1 is 0.525 bits per heavy atom. The van der Waals surface area contributed by atoms with Gasteiger partial charge in [-0.05, 0) is 128 Å². The Kier molecular flexibility index (Phi) is 7.22. The van der Waals surface area contributed by atoms with Gasteiger partial charge >= 0.3 is 6.85 Å². The number of benzene rings is 7. The van der Waals surface area contributed by atoms with E-state index in [1.807, 2.05) is 11.3 Å². The molecule has 0 N–H and O–H groups in total. The lowest BCUT2D eigenvalue weighted by molar-refractivity contribution is 0.332. The lowest BCUT2D eigenvalue weighted by Gasteiger charge is -2.52. The molecule has 286 valence electrons. The van der Waals surface area contributed by atoms with Crippen molar-refractivity contribution in [2.24, 2.45) is 0 Å². The van der Waals surface area contributed by atoms with Gasteiger partial charge in [-0.25, -0.2) is 0 Å². The van der Waals surface area contributed by atoms with Gasteiger partial charge < -0.3 is 9.71 Å². The molecule has 0 atom stereocenters. The molecule has 4 heteroatoms. The van der Waals surface area contributed by atoms with E-state index in [2.05, 4.69) is 203 Å². The molecule has 4 heterocycles. The molecule has 0 saturated heterocycles. The number of hydrogen-bond donors (Lipinski definition) is 0. The molecule has 7 aromatic carbocycles. The number of hydrogen-bond acceptors (Lipinski definition) is 3. The number of para-hydroxylation sites is 2. The van der Waals surface area contributed by atoms with Gasteiger partial charge in [0, 0.05) is 27.3 Å². The van der Waals surface area contributed by atoms with Crippen molar-refractivity contribution in [3.63, 3.8) is 0 Å². The van der Waals surface area contributed by atoms with Crippen molar-refractivity contribution in [1.82, 2.24) is 0 Å². The lowest BCUT2D eigenvalue weighted by atomic mass is 9.42. The normalized spacial score (nSPS) is 17.2. The predicted molar refractivity (Wildman–Crippen MR) is 252 cm³/mol. The van der Waals surface area contributed by atoms with Gasteiger partial charge in [0.05, 0.1) is 16.1 Å². The lowest BCUT2D eigenvalue weighted by Crippen LogP contribution is -2.63. The Balaban J connectivity index is 1.22. The minimum absolute atomic E-state index is 0.0318. The van der Waals surface area contributed by atoms with Crippen molar-refractivity contribution in [3.8, 4) is 11.1 Å². The average molecular weight is 779 g/mol. The maximum absolute atomic E-state index is 2.76. The summed E-state index contributed by atoms with van der Waals surface area (Å²) in [4.78, 5) is 5.44. The molecule has 0 amide bonds. The van der Waals surface area contributed by atoms with E-state index >= 15 is 0 Å². The average Bonchev–Trinajstić information content (AvgIpc) is 3.63. The van der Waals surface area contributed by atoms with Crippen LogP contribution in [-0.4, -0.2) is 6.85 Å². The fraction of sp³-hybridized carbons (Fsp3) is 0.200. The SMILES string of the molecule is Cc1cc2c3c(c1)N(c1cc4c(cc1C)C(C)(C)CCC4(C)C)c1sc4ccccc4c1B3N1c3ccccc3C(c3ccccc3)(c3ccccc3)c3cccc-2c31. The summed E-state index contributed by atoms with van der Waals surface area (Å²) in [5.41, 5.74) is 21.2. The van der Waals surface area contributed by atoms with Crippen molar-refractivity contribution in [1.29, 1.82) is 0 Å². The molecule has 0 spiro atoms. The molecule has 2 nitrogen and oxygen atoms in total. The molecule has 59 heavy (non-hydrogen) atoms. The van der Waals surface area contributed by atoms with Crippen LogP contribution in [0.25, 0.3) is 21.2 Å². The number of aryl methyl sites for hydroxylation is 2. The molecule has 4 aliphatic rings. The van der Waals surface area contributed by atoms with Crippen LogP contribution in [0.1, 0.15) is 85.0 Å². The minimum Gasteiger partial charge on any atom is -0.376 e. The first-order valence-corrected chi connectivity index (χ1v) is 22.2. The third kappa shape index (κ3) is 4.59. The van der Waals surface area contributed by atoms with Gasteiger partial charge in [-0.15, -0.1) is 11.3 Å². The van der Waals surface area contributed by atoms with Gasteiger partial charge in [-0.2, -0.15) is 0 Å². The monoisotopic (exact) mass is 778 g/mol. The molecule has 1 aliphatic carbocycles. The smallest absolute Gasteiger partial charge is 0.334 e. The third-order valence-corrected chi connectivity index (χ3v) is 15.7. The van der Waals surface area contributed by atoms with Crippen LogP contribution in [0.5, 0.6) is 0 Å². The first-order valence-electron chi connectivity index (χ1n) is 21.3. The summed E-state index contributed by atoms with van der Waals surface area (Å²) in [6, 6.07) is 58.2. The highest BCUT2D eigenvalue weighted by atomic mass is 32.1. The van der Waals surface area contributed by atoms with Crippen LogP contribution in [0.4, 0.5) is 27.8 Å². The van der Waals surface area contributed by atoms with E-state index in [4.69, 9.17) is 0 Å². The Labute approximate surface area is 352 Å². The zero-order valence-corrected chi connectivity index (χ0v) is 35.5. The van der Waals surface area contributed by atoms with E-state index in [1.165, 1.54) is 117 Å². The standard InChI is InChI=1S/C55H47BN2S/c1-34-30-40-38-23-17-25-42-51(38)58(45-26-15-14-24-41(45)55(42,36-18-9-7-10-19-36)37-20-11-8-12-21-37)56-49(40)47(31-34)57(52-50(56)39-22-13-16-27-48(39)59-52)46-33-44-43(32-35(46)2)53(3,4)28-29-54(44,5)6/h7-27,30-33H,28-29H2,1-6H3. The highest BCUT2D eigenvalue weighted by molar-refractivity contribution is 7.26. The molecule has 3 aliphatic heterocycles. The Bertz CT molecular complexity index is 3010. The molecule has 0 unspecified atom stereocenters. The summed E-state index contributed by atoms with van der Waals surface area (Å²) >= 11 is 1.96. The summed E-state index contributed by atoms with van der Waals surface area (Å²) in [6.45, 7) is 14.4. The zero-order valence-electron chi connectivity index (χ0n) is 34.7. The fourth-order valence-electron chi connectivity index (χ4n) is 11.7. The maximum atomic E-state index is 2.76. The van der Waals surface area contributed by atoms with Crippen molar-refractivity contribution >= 4 is 66.9 Å². The summed E-state index contributed by atoms with van der Waals surface area (Å²) in [5, 5.41) is 2.68. The minimum atomic E-state index is -0.522. The van der Waals surface area contributed by atoms with Gasteiger partial charge in [0.25, 0.3) is 0 Å². The molecule has 1 aromatic heterocycles. The second-order valence-electron chi connectivity index (χ2n) is 18.8. The summed E-state index contributed by atoms with van der Waals surface area (Å²) in [7, 11) is 0. The van der Waals surface area contributed by atoms with Gasteiger partial charge in [0.1, 0.15) is 0 Å². The maximum Gasteiger partial charge on any atom is 0.334 e. The summed E-state index contributed by atoms with van der Waals surface area (Å²) < 4.78 is 1.33. The van der Waals surface area contributed by atoms with Crippen molar-refractivity contribution < 1.29 is 0 Å². The highest BCUT2D eigenvalue weighted by Gasteiger charge is 2.54. The van der Waals surface area contributed by atoms with Gasteiger partial charge in [-0.1, -0.05) is 155 Å². The van der Waals surface area contributed by atoms with Gasteiger partial charge in [-0.3, -0.25) is 0 Å². The number of rotatable bonds is 3. The highest BCUT2D eigenvalue weighted by Crippen LogP contribution is 2.61. The molecule has 8 aromatic rings. The van der Waals surface area contributed by atoms with Crippen LogP contribution in [0.2, 0.25) is 0 Å². The Morgan fingerprint density at radius 2 is 1.15 bits per heavy atom. The van der Waals surface area contributed by atoms with Gasteiger partial charge in [0.2, 0.25) is 0 Å². The van der Waals surface area contributed by atoms with E-state index in [9.17, 15) is 0 Å². The second-order valence-corrected chi connectivity index (χ2v) is 19.9. The van der Waals surface area contributed by atoms with Crippen molar-refractivity contribution in [2.45, 2.75) is 70.6 Å². The van der Waals surface area contributed by atoms with E-state index < -0.39 is 5.41 Å². The zero-order chi connectivity index (χ0) is 40.0. The third-order valence-electron chi connectivity index (χ3n) is 14.5. The Hall–Kier alpha value is -5.84. The van der Waals surface area contributed by atoms with Crippen LogP contribution >= 0.6 is 11.3 Å². The summed E-state index contributed by atoms with van der Waals surface area (Å²) in [5.74, 6) is 0. The Morgan fingerprint density at radius 3 is 1.88 bits per heavy atom. The van der Waals surface area contributed by atoms with Crippen molar-refractivity contribution in [2.75, 3.05) is 9.71 Å². The van der Waals surface area contributed by atoms with Crippen LogP contribution in [0.3, 0.4) is 0 Å². The van der Waals surface area contributed by atoms with Gasteiger partial charge in [0.15, 0.2) is 0 Å². The van der Waals surface area contributed by atoms with Crippen LogP contribution in [0.15, 0.2) is 152 Å². The topological polar surface area (TPSA) is 6.48 Å². The number of fused-ring (bicyclic) bond motifs is 9. The molecular weight excluding hydrogens is 731 g/mol. The van der Waals surface area contributed by atoms with E-state index in [0.717, 1.165) is 0 Å². The molecule has 0 bridgehead atoms. The van der Waals surface area contributed by atoms with E-state index in [1.54, 1.807) is 0 Å². The number of anilines is 5. The molecule has 0 fully saturated rings. The van der Waals surface area contributed by atoms with Crippen LogP contribution in [0, 0.1) is 13.8 Å². The largest absolute Gasteiger partial charge is 0.376 e. The summed E-state index contributed by atoms with van der Waals surface area (Å²) in [6.07, 6.45) is 2.39. The molecule has 0 radical (unpaired) electrons. The van der Waals surface area contributed by atoms with Crippen LogP contribution in [-0.2, 0) is 16.2 Å². The van der Waals surface area contributed by atoms with Crippen molar-refractivity contribution in [3.05, 3.63) is 196 Å². The molecular formula is C55H47BN2S. The molecule has 0 saturated carbocycles. The number of nitrogens with zero attached hydrogens (tertiary/aromatic N) is 2. The quantitative estimate of drug-likeness (QED) is 0.165. The second kappa shape index (κ2) is 12.1. The van der Waals surface area contributed by atoms with E-state index in [0.29, 0.717) is 0 Å². The molecule has 12 rings (SSSR count).